The summed E-state index contributed by atoms with van der Waals surface area (Å²) < 4.78 is 0. The average molecular weight is 356 g/mol. The lowest BCUT2D eigenvalue weighted by Gasteiger charge is -2.27. The zero-order valence-corrected chi connectivity index (χ0v) is 14.8. The summed E-state index contributed by atoms with van der Waals surface area (Å²) >= 11 is 0. The van der Waals surface area contributed by atoms with Crippen LogP contribution in [0.4, 0.5) is 0 Å². The van der Waals surface area contributed by atoms with Crippen LogP contribution >= 0.6 is 0 Å². The number of carbonyl (C=O) groups is 1. The monoisotopic (exact) mass is 356 g/mol. The SMILES string of the molecule is NC1=NC(c2ccccc2)(c2ccccc2)C(=O)N1CCc1ccncc1. The Hall–Kier alpha value is -3.47. The molecule has 1 aromatic heterocycles. The van der Waals surface area contributed by atoms with Crippen LogP contribution in [0.3, 0.4) is 0 Å². The first kappa shape index (κ1) is 17.0. The Balaban J connectivity index is 1.72. The Bertz CT molecular complexity index is 916. The van der Waals surface area contributed by atoms with Crippen molar-refractivity contribution >= 4 is 11.9 Å². The number of aliphatic imine (C=N–C) groups is 1. The van der Waals surface area contributed by atoms with Gasteiger partial charge in [0.15, 0.2) is 11.5 Å². The molecular weight excluding hydrogens is 336 g/mol. The van der Waals surface area contributed by atoms with Gasteiger partial charge in [0, 0.05) is 18.9 Å². The first-order valence-electron chi connectivity index (χ1n) is 8.89. The van der Waals surface area contributed by atoms with E-state index < -0.39 is 5.54 Å². The molecule has 0 saturated carbocycles. The number of hydrogen-bond acceptors (Lipinski definition) is 4. The van der Waals surface area contributed by atoms with Crippen LogP contribution in [0.2, 0.25) is 0 Å². The van der Waals surface area contributed by atoms with Gasteiger partial charge in [-0.2, -0.15) is 0 Å². The normalized spacial score (nSPS) is 15.6. The molecule has 134 valence electrons. The number of amides is 1. The minimum atomic E-state index is -1.13. The van der Waals surface area contributed by atoms with E-state index in [2.05, 4.69) is 4.98 Å². The molecule has 0 radical (unpaired) electrons. The molecule has 2 heterocycles. The van der Waals surface area contributed by atoms with Crippen molar-refractivity contribution in [3.8, 4) is 0 Å². The molecule has 0 bridgehead atoms. The number of aromatic nitrogens is 1. The maximum absolute atomic E-state index is 13.6. The van der Waals surface area contributed by atoms with Crippen molar-refractivity contribution in [1.82, 2.24) is 9.88 Å². The van der Waals surface area contributed by atoms with E-state index in [1.54, 1.807) is 17.3 Å². The summed E-state index contributed by atoms with van der Waals surface area (Å²) in [4.78, 5) is 23.9. The molecule has 0 spiro atoms. The highest BCUT2D eigenvalue weighted by atomic mass is 16.2. The molecule has 27 heavy (non-hydrogen) atoms. The quantitative estimate of drug-likeness (QED) is 0.764. The van der Waals surface area contributed by atoms with Crippen molar-refractivity contribution in [2.45, 2.75) is 12.0 Å². The molecule has 3 aromatic rings. The van der Waals surface area contributed by atoms with Gasteiger partial charge in [0.2, 0.25) is 0 Å². The lowest BCUT2D eigenvalue weighted by molar-refractivity contribution is -0.130. The lowest BCUT2D eigenvalue weighted by Crippen LogP contribution is -2.44. The van der Waals surface area contributed by atoms with Gasteiger partial charge in [-0.15, -0.1) is 0 Å². The number of pyridine rings is 1. The third-order valence-corrected chi connectivity index (χ3v) is 4.87. The Morgan fingerprint density at radius 1 is 0.852 bits per heavy atom. The highest BCUT2D eigenvalue weighted by molar-refractivity contribution is 6.09. The van der Waals surface area contributed by atoms with Gasteiger partial charge in [-0.1, -0.05) is 60.7 Å². The number of nitrogens with two attached hydrogens (primary N) is 1. The largest absolute Gasteiger partial charge is 0.369 e. The van der Waals surface area contributed by atoms with Gasteiger partial charge in [0.1, 0.15) is 0 Å². The minimum Gasteiger partial charge on any atom is -0.369 e. The Morgan fingerprint density at radius 2 is 1.41 bits per heavy atom. The molecule has 1 aliphatic rings. The maximum atomic E-state index is 13.6. The summed E-state index contributed by atoms with van der Waals surface area (Å²) in [6.07, 6.45) is 4.18. The second kappa shape index (κ2) is 7.03. The van der Waals surface area contributed by atoms with E-state index in [0.717, 1.165) is 16.7 Å². The highest BCUT2D eigenvalue weighted by Crippen LogP contribution is 2.39. The van der Waals surface area contributed by atoms with Gasteiger partial charge in [-0.25, -0.2) is 4.99 Å². The van der Waals surface area contributed by atoms with Crippen LogP contribution in [-0.4, -0.2) is 28.3 Å². The van der Waals surface area contributed by atoms with Crippen LogP contribution in [0, 0.1) is 0 Å². The summed E-state index contributed by atoms with van der Waals surface area (Å²) in [5, 5.41) is 0. The van der Waals surface area contributed by atoms with E-state index >= 15 is 0 Å². The second-order valence-electron chi connectivity index (χ2n) is 6.47. The molecular formula is C22H20N4O. The van der Waals surface area contributed by atoms with Crippen LogP contribution in [0.15, 0.2) is 90.2 Å². The Morgan fingerprint density at radius 3 is 1.96 bits per heavy atom. The first-order valence-corrected chi connectivity index (χ1v) is 8.89. The van der Waals surface area contributed by atoms with E-state index in [9.17, 15) is 4.79 Å². The first-order chi connectivity index (χ1) is 13.2. The van der Waals surface area contributed by atoms with Crippen molar-refractivity contribution in [2.24, 2.45) is 10.7 Å². The molecule has 5 nitrogen and oxygen atoms in total. The molecule has 2 N–H and O–H groups in total. The van der Waals surface area contributed by atoms with E-state index in [-0.39, 0.29) is 11.9 Å². The molecule has 5 heteroatoms. The van der Waals surface area contributed by atoms with Crippen LogP contribution in [0.5, 0.6) is 0 Å². The molecule has 0 unspecified atom stereocenters. The van der Waals surface area contributed by atoms with Gasteiger partial charge in [-0.3, -0.25) is 14.7 Å². The minimum absolute atomic E-state index is 0.119. The number of guanidine groups is 1. The van der Waals surface area contributed by atoms with Crippen molar-refractivity contribution in [1.29, 1.82) is 0 Å². The molecule has 4 rings (SSSR count). The summed E-state index contributed by atoms with van der Waals surface area (Å²) in [5.74, 6) is 0.133. The predicted octanol–water partition coefficient (Wildman–Crippen LogP) is 2.72. The number of hydrogen-bond donors (Lipinski definition) is 1. The van der Waals surface area contributed by atoms with E-state index in [1.807, 2.05) is 72.8 Å². The molecule has 0 atom stereocenters. The van der Waals surface area contributed by atoms with Crippen LogP contribution < -0.4 is 5.73 Å². The smallest absolute Gasteiger partial charge is 0.266 e. The molecule has 1 amide bonds. The predicted molar refractivity (Wildman–Crippen MR) is 105 cm³/mol. The molecule has 1 aliphatic heterocycles. The number of benzene rings is 2. The highest BCUT2D eigenvalue weighted by Gasteiger charge is 2.50. The van der Waals surface area contributed by atoms with Crippen LogP contribution in [0.1, 0.15) is 16.7 Å². The van der Waals surface area contributed by atoms with Crippen LogP contribution in [0.25, 0.3) is 0 Å². The second-order valence-corrected chi connectivity index (χ2v) is 6.47. The maximum Gasteiger partial charge on any atom is 0.266 e. The molecule has 0 saturated heterocycles. The topological polar surface area (TPSA) is 71.6 Å². The number of rotatable bonds is 5. The fourth-order valence-electron chi connectivity index (χ4n) is 3.49. The third-order valence-electron chi connectivity index (χ3n) is 4.87. The van der Waals surface area contributed by atoms with Gasteiger partial charge >= 0.3 is 0 Å². The van der Waals surface area contributed by atoms with Crippen molar-refractivity contribution in [3.63, 3.8) is 0 Å². The summed E-state index contributed by atoms with van der Waals surface area (Å²) in [6, 6.07) is 23.1. The van der Waals surface area contributed by atoms with Gasteiger partial charge in [0.05, 0.1) is 0 Å². The van der Waals surface area contributed by atoms with Gasteiger partial charge in [-0.05, 0) is 35.2 Å². The van der Waals surface area contributed by atoms with Gasteiger partial charge in [0.25, 0.3) is 5.91 Å². The van der Waals surface area contributed by atoms with Crippen molar-refractivity contribution in [3.05, 3.63) is 102 Å². The molecule has 0 fully saturated rings. The van der Waals surface area contributed by atoms with Gasteiger partial charge < -0.3 is 5.73 Å². The van der Waals surface area contributed by atoms with E-state index in [1.165, 1.54) is 0 Å². The third kappa shape index (κ3) is 2.97. The summed E-state index contributed by atoms with van der Waals surface area (Å²) in [5.41, 5.74) is 7.82. The molecule has 0 aliphatic carbocycles. The van der Waals surface area contributed by atoms with Crippen LogP contribution in [-0.2, 0) is 16.8 Å². The fraction of sp³-hybridized carbons (Fsp3) is 0.136. The Labute approximate surface area is 158 Å². The molecule has 2 aromatic carbocycles. The number of carbonyl (C=O) groups excluding carboxylic acids is 1. The zero-order valence-electron chi connectivity index (χ0n) is 14.8. The average Bonchev–Trinajstić information content (AvgIpc) is 2.99. The van der Waals surface area contributed by atoms with Crippen molar-refractivity contribution < 1.29 is 4.79 Å². The standard InChI is InChI=1S/C22H20N4O/c23-21-25-22(18-7-3-1-4-8-18,19-9-5-2-6-10-19)20(27)26(21)16-13-17-11-14-24-15-12-17/h1-12,14-15H,13,16H2,(H2,23,25). The summed E-state index contributed by atoms with van der Waals surface area (Å²) in [6.45, 7) is 0.472. The summed E-state index contributed by atoms with van der Waals surface area (Å²) in [7, 11) is 0. The number of nitrogens with zero attached hydrogens (tertiary/aromatic N) is 3. The fourth-order valence-corrected chi connectivity index (χ4v) is 3.49. The zero-order chi connectivity index (χ0) is 18.7. The lowest BCUT2D eigenvalue weighted by atomic mass is 9.83. The van der Waals surface area contributed by atoms with E-state index in [0.29, 0.717) is 13.0 Å². The van der Waals surface area contributed by atoms with E-state index in [4.69, 9.17) is 10.7 Å². The Kier molecular flexibility index (Phi) is 4.42. The van der Waals surface area contributed by atoms with Crippen molar-refractivity contribution in [2.75, 3.05) is 6.54 Å².